The van der Waals surface area contributed by atoms with Crippen LogP contribution >= 0.6 is 11.8 Å². The van der Waals surface area contributed by atoms with Crippen LogP contribution in [0.1, 0.15) is 74.7 Å². The SMILES string of the molecule is C.CC(C)(C)OC(=O)N[C@@H]1C[C@@H](S(C)(=O)=O)C[C@H]1O.CS[C@H]1C[C@@H](O)[C@H](NC(=O)OC(C)(C)C)C1. The van der Waals surface area contributed by atoms with E-state index in [0.29, 0.717) is 5.25 Å². The van der Waals surface area contributed by atoms with Crippen molar-refractivity contribution in [1.82, 2.24) is 10.6 Å². The topological polar surface area (TPSA) is 151 Å². The van der Waals surface area contributed by atoms with Gasteiger partial charge in [-0.1, -0.05) is 7.43 Å². The second kappa shape index (κ2) is 13.3. The van der Waals surface area contributed by atoms with E-state index in [-0.39, 0.29) is 26.3 Å². The van der Waals surface area contributed by atoms with Gasteiger partial charge in [0.05, 0.1) is 29.5 Å². The van der Waals surface area contributed by atoms with Gasteiger partial charge in [-0.2, -0.15) is 11.8 Å². The number of nitrogens with one attached hydrogen (secondary N) is 2. The van der Waals surface area contributed by atoms with Crippen LogP contribution < -0.4 is 10.6 Å². The zero-order chi connectivity index (χ0) is 26.5. The van der Waals surface area contributed by atoms with Crippen LogP contribution in [0.4, 0.5) is 9.59 Å². The monoisotopic (exact) mass is 542 g/mol. The number of thioether (sulfide) groups is 1. The molecule has 208 valence electrons. The molecular formula is C23H46N2O8S2. The van der Waals surface area contributed by atoms with E-state index in [9.17, 15) is 28.2 Å². The van der Waals surface area contributed by atoms with Crippen LogP contribution in [0.3, 0.4) is 0 Å². The summed E-state index contributed by atoms with van der Waals surface area (Å²) in [6, 6.07) is -0.744. The maximum Gasteiger partial charge on any atom is 0.407 e. The number of ether oxygens (including phenoxy) is 2. The van der Waals surface area contributed by atoms with Crippen LogP contribution in [0, 0.1) is 0 Å². The number of hydrogen-bond acceptors (Lipinski definition) is 9. The Morgan fingerprint density at radius 2 is 1.23 bits per heavy atom. The van der Waals surface area contributed by atoms with Gasteiger partial charge in [0.1, 0.15) is 21.0 Å². The summed E-state index contributed by atoms with van der Waals surface area (Å²) in [6.07, 6.45) is 2.69. The number of amides is 2. The minimum atomic E-state index is -3.19. The molecule has 2 saturated carbocycles. The summed E-state index contributed by atoms with van der Waals surface area (Å²) in [4.78, 5) is 23.0. The van der Waals surface area contributed by atoms with Gasteiger partial charge in [0.15, 0.2) is 0 Å². The minimum Gasteiger partial charge on any atom is -0.444 e. The number of aliphatic hydroxyl groups is 2. The summed E-state index contributed by atoms with van der Waals surface area (Å²) in [5.41, 5.74) is -1.11. The van der Waals surface area contributed by atoms with Crippen molar-refractivity contribution in [3.05, 3.63) is 0 Å². The first-order valence-corrected chi connectivity index (χ1v) is 14.6. The molecule has 0 saturated heterocycles. The van der Waals surface area contributed by atoms with Crippen molar-refractivity contribution in [2.75, 3.05) is 12.5 Å². The Morgan fingerprint density at radius 1 is 0.829 bits per heavy atom. The second-order valence-corrected chi connectivity index (χ2v) is 14.4. The smallest absolute Gasteiger partial charge is 0.407 e. The molecule has 35 heavy (non-hydrogen) atoms. The molecule has 2 amide bonds. The van der Waals surface area contributed by atoms with Crippen molar-refractivity contribution in [2.24, 2.45) is 0 Å². The zero-order valence-electron chi connectivity index (χ0n) is 21.5. The average Bonchev–Trinajstić information content (AvgIpc) is 3.15. The Balaban J connectivity index is 0.000000646. The molecule has 2 rings (SSSR count). The zero-order valence-corrected chi connectivity index (χ0v) is 23.1. The Morgan fingerprint density at radius 3 is 1.54 bits per heavy atom. The lowest BCUT2D eigenvalue weighted by Crippen LogP contribution is -2.42. The van der Waals surface area contributed by atoms with E-state index in [0.717, 1.165) is 19.1 Å². The average molecular weight is 543 g/mol. The van der Waals surface area contributed by atoms with Crippen LogP contribution in [0.25, 0.3) is 0 Å². The van der Waals surface area contributed by atoms with Crippen LogP contribution in [0.5, 0.6) is 0 Å². The molecule has 0 aromatic heterocycles. The first kappa shape index (κ1) is 33.8. The molecule has 0 heterocycles. The molecule has 0 bridgehead atoms. The molecule has 2 aliphatic carbocycles. The van der Waals surface area contributed by atoms with Gasteiger partial charge in [-0.05, 0) is 73.5 Å². The first-order chi connectivity index (χ1) is 15.3. The van der Waals surface area contributed by atoms with Crippen molar-refractivity contribution >= 4 is 33.8 Å². The van der Waals surface area contributed by atoms with E-state index in [1.165, 1.54) is 0 Å². The highest BCUT2D eigenvalue weighted by molar-refractivity contribution is 7.99. The van der Waals surface area contributed by atoms with E-state index in [1.807, 2.05) is 27.0 Å². The molecule has 0 aliphatic heterocycles. The molecule has 2 aliphatic rings. The minimum absolute atomic E-state index is 0. The van der Waals surface area contributed by atoms with E-state index >= 15 is 0 Å². The maximum absolute atomic E-state index is 11.5. The number of sulfone groups is 1. The number of carbonyl (C=O) groups is 2. The number of hydrogen-bond donors (Lipinski definition) is 4. The third-order valence-corrected chi connectivity index (χ3v) is 7.96. The quantitative estimate of drug-likeness (QED) is 0.420. The molecule has 10 nitrogen and oxygen atoms in total. The Bertz CT molecular complexity index is 792. The third-order valence-electron chi connectivity index (χ3n) is 5.31. The lowest BCUT2D eigenvalue weighted by molar-refractivity contribution is 0.0441. The molecule has 0 spiro atoms. The Hall–Kier alpha value is -1.24. The molecule has 6 atom stereocenters. The summed E-state index contributed by atoms with van der Waals surface area (Å²) in [6.45, 7) is 10.7. The van der Waals surface area contributed by atoms with E-state index in [4.69, 9.17) is 9.47 Å². The molecule has 12 heteroatoms. The maximum atomic E-state index is 11.5. The number of alkyl carbamates (subject to hydrolysis) is 2. The van der Waals surface area contributed by atoms with Gasteiger partial charge in [-0.25, -0.2) is 18.0 Å². The van der Waals surface area contributed by atoms with E-state index in [2.05, 4.69) is 10.6 Å². The lowest BCUT2D eigenvalue weighted by Gasteiger charge is -2.22. The molecular weight excluding hydrogens is 496 g/mol. The first-order valence-electron chi connectivity index (χ1n) is 11.4. The molecule has 0 aromatic carbocycles. The Labute approximate surface area is 215 Å². The highest BCUT2D eigenvalue weighted by Crippen LogP contribution is 2.29. The van der Waals surface area contributed by atoms with Gasteiger partial charge in [0, 0.05) is 11.5 Å². The predicted molar refractivity (Wildman–Crippen MR) is 139 cm³/mol. The Kier molecular flexibility index (Phi) is 12.9. The van der Waals surface area contributed by atoms with Crippen molar-refractivity contribution in [1.29, 1.82) is 0 Å². The van der Waals surface area contributed by atoms with Gasteiger partial charge in [0.2, 0.25) is 0 Å². The predicted octanol–water partition coefficient (Wildman–Crippen LogP) is 2.85. The van der Waals surface area contributed by atoms with Gasteiger partial charge in [-0.3, -0.25) is 0 Å². The fourth-order valence-electron chi connectivity index (χ4n) is 3.71. The normalized spacial score (nSPS) is 28.7. The van der Waals surface area contributed by atoms with Crippen LogP contribution in [0.15, 0.2) is 0 Å². The summed E-state index contributed by atoms with van der Waals surface area (Å²) < 4.78 is 33.0. The second-order valence-electron chi connectivity index (χ2n) is 10.9. The number of aliphatic hydroxyl groups excluding tert-OH is 2. The molecule has 0 radical (unpaired) electrons. The van der Waals surface area contributed by atoms with Gasteiger partial charge in [-0.15, -0.1) is 0 Å². The van der Waals surface area contributed by atoms with Gasteiger partial charge >= 0.3 is 12.2 Å². The van der Waals surface area contributed by atoms with Crippen LogP contribution in [0.2, 0.25) is 0 Å². The molecule has 2 fully saturated rings. The fraction of sp³-hybridized carbons (Fsp3) is 0.913. The number of carbonyl (C=O) groups excluding carboxylic acids is 2. The summed E-state index contributed by atoms with van der Waals surface area (Å²) in [7, 11) is -3.19. The van der Waals surface area contributed by atoms with Crippen molar-refractivity contribution in [2.45, 2.75) is 121 Å². The molecule has 0 aromatic rings. The van der Waals surface area contributed by atoms with Crippen LogP contribution in [-0.2, 0) is 19.3 Å². The van der Waals surface area contributed by atoms with Crippen molar-refractivity contribution < 1.29 is 37.7 Å². The lowest BCUT2D eigenvalue weighted by atomic mass is 10.2. The summed E-state index contributed by atoms with van der Waals surface area (Å²) >= 11 is 1.73. The van der Waals surface area contributed by atoms with Gasteiger partial charge in [0.25, 0.3) is 0 Å². The standard InChI is InChI=1S/C11H21NO5S.C11H21NO3S.CH4/c1-11(2,3)17-10(14)12-8-5-7(6-9(8)13)18(4,15)16;1-11(2,3)15-10(14)12-8-5-7(16-4)6-9(8)13;/h7-9,13H,5-6H2,1-4H3,(H,12,14);7-9,13H,5-6H2,1-4H3,(H,12,14);1H4/t2*7-,8-,9-;/m11./s1. The number of rotatable bonds is 4. The van der Waals surface area contributed by atoms with Gasteiger partial charge < -0.3 is 30.3 Å². The molecule has 0 unspecified atom stereocenters. The van der Waals surface area contributed by atoms with E-state index in [1.54, 1.807) is 32.5 Å². The third kappa shape index (κ3) is 13.0. The highest BCUT2D eigenvalue weighted by atomic mass is 32.2. The van der Waals surface area contributed by atoms with Crippen molar-refractivity contribution in [3.63, 3.8) is 0 Å². The molecule has 4 N–H and O–H groups in total. The fourth-order valence-corrected chi connectivity index (χ4v) is 5.60. The largest absolute Gasteiger partial charge is 0.444 e. The van der Waals surface area contributed by atoms with E-state index < -0.39 is 56.7 Å². The van der Waals surface area contributed by atoms with Crippen molar-refractivity contribution in [3.8, 4) is 0 Å². The highest BCUT2D eigenvalue weighted by Gasteiger charge is 2.39. The summed E-state index contributed by atoms with van der Waals surface area (Å²) in [5.74, 6) is 0. The van der Waals surface area contributed by atoms with Crippen LogP contribution in [-0.4, -0.2) is 89.3 Å². The summed E-state index contributed by atoms with van der Waals surface area (Å²) in [5, 5.41) is 24.5.